The SMILES string of the molecule is NC(=O)c1ccc2cnn(CCCC(F)(F)F)c2c1. The number of primary amides is 1. The van der Waals surface area contributed by atoms with Crippen molar-refractivity contribution in [2.75, 3.05) is 0 Å². The Labute approximate surface area is 107 Å². The highest BCUT2D eigenvalue weighted by molar-refractivity contribution is 5.96. The van der Waals surface area contributed by atoms with E-state index in [0.717, 1.165) is 5.39 Å². The van der Waals surface area contributed by atoms with Crippen LogP contribution in [0.5, 0.6) is 0 Å². The lowest BCUT2D eigenvalue weighted by Crippen LogP contribution is -2.11. The molecule has 19 heavy (non-hydrogen) atoms. The number of carbonyl (C=O) groups is 1. The van der Waals surface area contributed by atoms with Crippen LogP contribution in [0.15, 0.2) is 24.4 Å². The molecule has 0 spiro atoms. The fourth-order valence-electron chi connectivity index (χ4n) is 1.83. The van der Waals surface area contributed by atoms with Gasteiger partial charge in [0.1, 0.15) is 0 Å². The van der Waals surface area contributed by atoms with E-state index in [-0.39, 0.29) is 13.0 Å². The monoisotopic (exact) mass is 271 g/mol. The molecular weight excluding hydrogens is 259 g/mol. The van der Waals surface area contributed by atoms with Gasteiger partial charge in [-0.25, -0.2) is 0 Å². The van der Waals surface area contributed by atoms with Gasteiger partial charge < -0.3 is 5.73 Å². The van der Waals surface area contributed by atoms with Gasteiger partial charge in [0.05, 0.1) is 11.7 Å². The van der Waals surface area contributed by atoms with Gasteiger partial charge in [0, 0.05) is 23.9 Å². The summed E-state index contributed by atoms with van der Waals surface area (Å²) >= 11 is 0. The van der Waals surface area contributed by atoms with E-state index < -0.39 is 18.5 Å². The molecule has 0 bridgehead atoms. The number of aryl methyl sites for hydroxylation is 1. The summed E-state index contributed by atoms with van der Waals surface area (Å²) in [6.45, 7) is 0.144. The van der Waals surface area contributed by atoms with Crippen molar-refractivity contribution in [1.29, 1.82) is 0 Å². The molecule has 1 aromatic heterocycles. The van der Waals surface area contributed by atoms with Gasteiger partial charge in [-0.15, -0.1) is 0 Å². The largest absolute Gasteiger partial charge is 0.389 e. The highest BCUT2D eigenvalue weighted by Gasteiger charge is 2.26. The van der Waals surface area contributed by atoms with E-state index in [1.807, 2.05) is 0 Å². The lowest BCUT2D eigenvalue weighted by Gasteiger charge is -2.07. The number of amides is 1. The van der Waals surface area contributed by atoms with Crippen molar-refractivity contribution in [3.63, 3.8) is 0 Å². The van der Waals surface area contributed by atoms with Gasteiger partial charge in [-0.3, -0.25) is 9.48 Å². The zero-order chi connectivity index (χ0) is 14.0. The Morgan fingerprint density at radius 3 is 2.74 bits per heavy atom. The molecule has 2 aromatic rings. The summed E-state index contributed by atoms with van der Waals surface area (Å²) in [6, 6.07) is 4.77. The molecular formula is C12H12F3N3O. The first kappa shape index (κ1) is 13.4. The van der Waals surface area contributed by atoms with E-state index in [4.69, 9.17) is 5.73 Å². The number of hydrogen-bond acceptors (Lipinski definition) is 2. The molecule has 0 atom stereocenters. The van der Waals surface area contributed by atoms with Gasteiger partial charge in [-0.1, -0.05) is 6.07 Å². The first-order valence-corrected chi connectivity index (χ1v) is 5.69. The van der Waals surface area contributed by atoms with Crippen LogP contribution in [0.4, 0.5) is 13.2 Å². The maximum atomic E-state index is 12.1. The lowest BCUT2D eigenvalue weighted by molar-refractivity contribution is -0.135. The Morgan fingerprint density at radius 1 is 1.37 bits per heavy atom. The van der Waals surface area contributed by atoms with Crippen LogP contribution in [-0.2, 0) is 6.54 Å². The van der Waals surface area contributed by atoms with Gasteiger partial charge >= 0.3 is 6.18 Å². The average molecular weight is 271 g/mol. The number of nitrogens with zero attached hydrogens (tertiary/aromatic N) is 2. The summed E-state index contributed by atoms with van der Waals surface area (Å²) in [7, 11) is 0. The second kappa shape index (κ2) is 4.91. The summed E-state index contributed by atoms with van der Waals surface area (Å²) in [5.41, 5.74) is 6.08. The van der Waals surface area contributed by atoms with Gasteiger partial charge in [-0.2, -0.15) is 18.3 Å². The maximum Gasteiger partial charge on any atom is 0.389 e. The number of nitrogens with two attached hydrogens (primary N) is 1. The highest BCUT2D eigenvalue weighted by Crippen LogP contribution is 2.22. The van der Waals surface area contributed by atoms with Crippen LogP contribution >= 0.6 is 0 Å². The number of alkyl halides is 3. The summed E-state index contributed by atoms with van der Waals surface area (Å²) in [6.07, 6.45) is -3.53. The third kappa shape index (κ3) is 3.24. The molecule has 0 saturated carbocycles. The van der Waals surface area contributed by atoms with E-state index >= 15 is 0 Å². The summed E-state index contributed by atoms with van der Waals surface area (Å²) < 4.78 is 37.7. The van der Waals surface area contributed by atoms with Crippen LogP contribution in [0.3, 0.4) is 0 Å². The minimum absolute atomic E-state index is 0.0545. The van der Waals surface area contributed by atoms with Gasteiger partial charge in [0.25, 0.3) is 0 Å². The number of aromatic nitrogens is 2. The third-order valence-electron chi connectivity index (χ3n) is 2.76. The quantitative estimate of drug-likeness (QED) is 0.928. The van der Waals surface area contributed by atoms with Gasteiger partial charge in [-0.05, 0) is 18.6 Å². The number of rotatable bonds is 4. The average Bonchev–Trinajstić information content (AvgIpc) is 2.70. The number of benzene rings is 1. The molecule has 102 valence electrons. The molecule has 2 rings (SSSR count). The summed E-state index contributed by atoms with van der Waals surface area (Å²) in [5.74, 6) is -0.579. The molecule has 0 aliphatic carbocycles. The van der Waals surface area contributed by atoms with Crippen LogP contribution in [-0.4, -0.2) is 21.9 Å². The van der Waals surface area contributed by atoms with Crippen molar-refractivity contribution < 1.29 is 18.0 Å². The molecule has 1 aromatic carbocycles. The normalized spacial score (nSPS) is 11.9. The van der Waals surface area contributed by atoms with Crippen LogP contribution in [0.25, 0.3) is 10.9 Å². The fraction of sp³-hybridized carbons (Fsp3) is 0.333. The van der Waals surface area contributed by atoms with Crippen molar-refractivity contribution in [2.45, 2.75) is 25.6 Å². The third-order valence-corrected chi connectivity index (χ3v) is 2.76. The molecule has 0 aliphatic heterocycles. The predicted octanol–water partition coefficient (Wildman–Crippen LogP) is 2.48. The zero-order valence-electron chi connectivity index (χ0n) is 9.94. The van der Waals surface area contributed by atoms with Crippen LogP contribution < -0.4 is 5.73 Å². The van der Waals surface area contributed by atoms with E-state index in [1.165, 1.54) is 10.7 Å². The van der Waals surface area contributed by atoms with Crippen molar-refractivity contribution >= 4 is 16.8 Å². The molecule has 1 amide bonds. The molecule has 0 aliphatic rings. The Kier molecular flexibility index (Phi) is 3.46. The van der Waals surface area contributed by atoms with E-state index in [0.29, 0.717) is 11.1 Å². The van der Waals surface area contributed by atoms with E-state index in [9.17, 15) is 18.0 Å². The molecule has 0 fully saturated rings. The van der Waals surface area contributed by atoms with Gasteiger partial charge in [0.15, 0.2) is 0 Å². The molecule has 0 saturated heterocycles. The predicted molar refractivity (Wildman–Crippen MR) is 63.5 cm³/mol. The number of halogens is 3. The Morgan fingerprint density at radius 2 is 2.11 bits per heavy atom. The Bertz CT molecular complexity index is 604. The second-order valence-electron chi connectivity index (χ2n) is 4.22. The molecule has 2 N–H and O–H groups in total. The molecule has 0 unspecified atom stereocenters. The van der Waals surface area contributed by atoms with Crippen molar-refractivity contribution in [3.05, 3.63) is 30.0 Å². The lowest BCUT2D eigenvalue weighted by atomic mass is 10.1. The summed E-state index contributed by atoms with van der Waals surface area (Å²) in [5, 5.41) is 4.77. The van der Waals surface area contributed by atoms with Crippen molar-refractivity contribution in [3.8, 4) is 0 Å². The van der Waals surface area contributed by atoms with Crippen LogP contribution in [0.1, 0.15) is 23.2 Å². The molecule has 7 heteroatoms. The van der Waals surface area contributed by atoms with Gasteiger partial charge in [0.2, 0.25) is 5.91 Å². The van der Waals surface area contributed by atoms with E-state index in [2.05, 4.69) is 5.10 Å². The van der Waals surface area contributed by atoms with Crippen molar-refractivity contribution in [1.82, 2.24) is 9.78 Å². The fourth-order valence-corrected chi connectivity index (χ4v) is 1.83. The standard InChI is InChI=1S/C12H12F3N3O/c13-12(14,15)4-1-5-18-10-6-8(11(16)19)2-3-9(10)7-17-18/h2-3,6-7H,1,4-5H2,(H2,16,19). The molecule has 0 radical (unpaired) electrons. The molecule has 1 heterocycles. The topological polar surface area (TPSA) is 60.9 Å². The van der Waals surface area contributed by atoms with Crippen LogP contribution in [0.2, 0.25) is 0 Å². The van der Waals surface area contributed by atoms with Crippen molar-refractivity contribution in [2.24, 2.45) is 5.73 Å². The first-order chi connectivity index (χ1) is 8.87. The minimum Gasteiger partial charge on any atom is -0.366 e. The minimum atomic E-state index is -4.17. The highest BCUT2D eigenvalue weighted by atomic mass is 19.4. The Balaban J connectivity index is 2.19. The van der Waals surface area contributed by atoms with E-state index in [1.54, 1.807) is 18.3 Å². The number of fused-ring (bicyclic) bond motifs is 1. The van der Waals surface area contributed by atoms with Crippen LogP contribution in [0, 0.1) is 0 Å². The second-order valence-corrected chi connectivity index (χ2v) is 4.22. The number of hydrogen-bond donors (Lipinski definition) is 1. The Hall–Kier alpha value is -2.05. The first-order valence-electron chi connectivity index (χ1n) is 5.69. The number of carbonyl (C=O) groups excluding carboxylic acids is 1. The summed E-state index contributed by atoms with van der Waals surface area (Å²) in [4.78, 5) is 11.1. The molecule has 4 nitrogen and oxygen atoms in total. The maximum absolute atomic E-state index is 12.1. The smallest absolute Gasteiger partial charge is 0.366 e. The zero-order valence-corrected chi connectivity index (χ0v) is 9.94.